The molecule has 2 N–H and O–H groups in total. The molecule has 0 unspecified atom stereocenters. The number of halogens is 1. The van der Waals surface area contributed by atoms with E-state index in [0.29, 0.717) is 6.54 Å². The molecule has 0 aromatic carbocycles. The van der Waals surface area contributed by atoms with E-state index in [1.807, 2.05) is 0 Å². The molecule has 0 aliphatic rings. The lowest BCUT2D eigenvalue weighted by atomic mass is 10.4. The molecule has 1 heterocycles. The van der Waals surface area contributed by atoms with Crippen molar-refractivity contribution in [3.63, 3.8) is 0 Å². The number of nitrogens with two attached hydrogens (primary N) is 1. The SMILES string of the molecule is C=CCn1ncc(C(=O)Cl)c1N. The molecule has 12 heavy (non-hydrogen) atoms. The third-order valence-electron chi connectivity index (χ3n) is 1.39. The minimum atomic E-state index is -0.595. The minimum absolute atomic E-state index is 0.235. The number of nitrogens with zero attached hydrogens (tertiary/aromatic N) is 2. The molecule has 0 fully saturated rings. The number of hydrogen-bond donors (Lipinski definition) is 1. The van der Waals surface area contributed by atoms with Crippen LogP contribution in [0, 0.1) is 0 Å². The summed E-state index contributed by atoms with van der Waals surface area (Å²) in [6, 6.07) is 0. The van der Waals surface area contributed by atoms with Crippen LogP contribution in [0.5, 0.6) is 0 Å². The summed E-state index contributed by atoms with van der Waals surface area (Å²) in [6.45, 7) is 3.99. The molecule has 64 valence electrons. The summed E-state index contributed by atoms with van der Waals surface area (Å²) in [7, 11) is 0. The zero-order chi connectivity index (χ0) is 9.14. The lowest BCUT2D eigenvalue weighted by Crippen LogP contribution is -2.04. The summed E-state index contributed by atoms with van der Waals surface area (Å²) < 4.78 is 1.45. The van der Waals surface area contributed by atoms with Crippen LogP contribution in [-0.2, 0) is 6.54 Å². The predicted octanol–water partition coefficient (Wildman–Crippen LogP) is 1.03. The topological polar surface area (TPSA) is 60.9 Å². The van der Waals surface area contributed by atoms with Crippen LogP contribution in [0.25, 0.3) is 0 Å². The van der Waals surface area contributed by atoms with Crippen molar-refractivity contribution in [2.24, 2.45) is 0 Å². The first-order valence-corrected chi connectivity index (χ1v) is 3.66. The molecule has 0 saturated heterocycles. The second kappa shape index (κ2) is 3.40. The maximum absolute atomic E-state index is 10.7. The molecule has 0 aliphatic carbocycles. The Balaban J connectivity index is 3.03. The summed E-state index contributed by atoms with van der Waals surface area (Å²) in [6.07, 6.45) is 2.97. The van der Waals surface area contributed by atoms with Gasteiger partial charge in [0.05, 0.1) is 18.3 Å². The highest BCUT2D eigenvalue weighted by molar-refractivity contribution is 6.68. The van der Waals surface area contributed by atoms with E-state index in [0.717, 1.165) is 0 Å². The third kappa shape index (κ3) is 1.48. The number of allylic oxidation sites excluding steroid dienone is 1. The third-order valence-corrected chi connectivity index (χ3v) is 1.60. The number of carbonyl (C=O) groups excluding carboxylic acids is 1. The molecule has 1 aromatic rings. The Bertz CT molecular complexity index is 318. The van der Waals surface area contributed by atoms with Gasteiger partial charge >= 0.3 is 0 Å². The van der Waals surface area contributed by atoms with Gasteiger partial charge in [0.2, 0.25) is 0 Å². The smallest absolute Gasteiger partial charge is 0.257 e. The molecule has 1 rings (SSSR count). The number of rotatable bonds is 3. The van der Waals surface area contributed by atoms with E-state index in [2.05, 4.69) is 11.7 Å². The number of carbonyl (C=O) groups is 1. The van der Waals surface area contributed by atoms with Gasteiger partial charge in [-0.2, -0.15) is 5.10 Å². The van der Waals surface area contributed by atoms with E-state index in [1.54, 1.807) is 6.08 Å². The van der Waals surface area contributed by atoms with E-state index in [9.17, 15) is 4.79 Å². The van der Waals surface area contributed by atoms with Gasteiger partial charge in [0, 0.05) is 0 Å². The molecule has 0 aliphatic heterocycles. The van der Waals surface area contributed by atoms with Gasteiger partial charge in [-0.05, 0) is 11.6 Å². The number of nitrogen functional groups attached to an aromatic ring is 1. The Morgan fingerprint density at radius 2 is 2.58 bits per heavy atom. The van der Waals surface area contributed by atoms with Crippen molar-refractivity contribution in [3.05, 3.63) is 24.4 Å². The van der Waals surface area contributed by atoms with Crippen molar-refractivity contribution < 1.29 is 4.79 Å². The van der Waals surface area contributed by atoms with Crippen molar-refractivity contribution in [2.45, 2.75) is 6.54 Å². The molecule has 0 amide bonds. The first-order valence-electron chi connectivity index (χ1n) is 3.28. The summed E-state index contributed by atoms with van der Waals surface area (Å²) in [5.41, 5.74) is 5.77. The van der Waals surface area contributed by atoms with E-state index in [-0.39, 0.29) is 11.4 Å². The lowest BCUT2D eigenvalue weighted by Gasteiger charge is -1.98. The van der Waals surface area contributed by atoms with Crippen LogP contribution in [0.3, 0.4) is 0 Å². The largest absolute Gasteiger partial charge is 0.383 e. The minimum Gasteiger partial charge on any atom is -0.383 e. The molecule has 0 spiro atoms. The fourth-order valence-corrected chi connectivity index (χ4v) is 0.960. The average molecular weight is 186 g/mol. The van der Waals surface area contributed by atoms with Crippen LogP contribution in [0.4, 0.5) is 5.82 Å². The maximum Gasteiger partial charge on any atom is 0.257 e. The molecular weight excluding hydrogens is 178 g/mol. The Hall–Kier alpha value is -1.29. The fraction of sp³-hybridized carbons (Fsp3) is 0.143. The van der Waals surface area contributed by atoms with E-state index >= 15 is 0 Å². The normalized spacial score (nSPS) is 9.75. The van der Waals surface area contributed by atoms with Crippen molar-refractivity contribution in [2.75, 3.05) is 5.73 Å². The van der Waals surface area contributed by atoms with Gasteiger partial charge in [-0.3, -0.25) is 4.79 Å². The average Bonchev–Trinajstić information content (AvgIpc) is 2.34. The molecule has 0 bridgehead atoms. The highest BCUT2D eigenvalue weighted by Gasteiger charge is 2.11. The van der Waals surface area contributed by atoms with Crippen LogP contribution in [-0.4, -0.2) is 15.0 Å². The molecule has 1 aromatic heterocycles. The highest BCUT2D eigenvalue weighted by Crippen LogP contribution is 2.12. The fourth-order valence-electron chi connectivity index (χ4n) is 0.814. The molecule has 0 radical (unpaired) electrons. The second-order valence-electron chi connectivity index (χ2n) is 2.19. The van der Waals surface area contributed by atoms with E-state index in [1.165, 1.54) is 10.9 Å². The van der Waals surface area contributed by atoms with Gasteiger partial charge < -0.3 is 5.73 Å². The standard InChI is InChI=1S/C7H8ClN3O/c1-2-3-11-7(9)5(4-10-11)6(8)12/h2,4H,1,3,9H2. The molecule has 0 saturated carbocycles. The molecule has 5 heteroatoms. The van der Waals surface area contributed by atoms with E-state index in [4.69, 9.17) is 17.3 Å². The van der Waals surface area contributed by atoms with Gasteiger partial charge in [0.25, 0.3) is 5.24 Å². The van der Waals surface area contributed by atoms with Gasteiger partial charge in [-0.1, -0.05) is 6.08 Å². The van der Waals surface area contributed by atoms with Crippen LogP contribution >= 0.6 is 11.6 Å². The molecule has 4 nitrogen and oxygen atoms in total. The summed E-state index contributed by atoms with van der Waals surface area (Å²) in [5, 5.41) is 3.25. The predicted molar refractivity (Wildman–Crippen MR) is 47.0 cm³/mol. The second-order valence-corrected chi connectivity index (χ2v) is 2.53. The maximum atomic E-state index is 10.7. The Kier molecular flexibility index (Phi) is 2.50. The number of aromatic nitrogens is 2. The van der Waals surface area contributed by atoms with Gasteiger partial charge in [0.15, 0.2) is 0 Å². The number of anilines is 1. The van der Waals surface area contributed by atoms with Crippen molar-refractivity contribution in [1.82, 2.24) is 9.78 Å². The van der Waals surface area contributed by atoms with E-state index < -0.39 is 5.24 Å². The molecule has 0 atom stereocenters. The van der Waals surface area contributed by atoms with Gasteiger partial charge in [-0.15, -0.1) is 6.58 Å². The van der Waals surface area contributed by atoms with Crippen molar-refractivity contribution >= 4 is 22.7 Å². The van der Waals surface area contributed by atoms with Crippen molar-refractivity contribution in [3.8, 4) is 0 Å². The zero-order valence-corrected chi connectivity index (χ0v) is 7.08. The quantitative estimate of drug-likeness (QED) is 0.565. The first kappa shape index (κ1) is 8.80. The van der Waals surface area contributed by atoms with Crippen LogP contribution in [0.15, 0.2) is 18.9 Å². The summed E-state index contributed by atoms with van der Waals surface area (Å²) in [5.74, 6) is 0.273. The van der Waals surface area contributed by atoms with Gasteiger partial charge in [0.1, 0.15) is 5.82 Å². The first-order chi connectivity index (χ1) is 5.66. The Morgan fingerprint density at radius 3 is 3.00 bits per heavy atom. The van der Waals surface area contributed by atoms with Crippen LogP contribution < -0.4 is 5.73 Å². The highest BCUT2D eigenvalue weighted by atomic mass is 35.5. The summed E-state index contributed by atoms with van der Waals surface area (Å²) in [4.78, 5) is 10.7. The Morgan fingerprint density at radius 1 is 1.92 bits per heavy atom. The van der Waals surface area contributed by atoms with Gasteiger partial charge in [-0.25, -0.2) is 4.68 Å². The molecular formula is C7H8ClN3O. The summed E-state index contributed by atoms with van der Waals surface area (Å²) >= 11 is 5.22. The zero-order valence-electron chi connectivity index (χ0n) is 6.33. The monoisotopic (exact) mass is 185 g/mol. The van der Waals surface area contributed by atoms with Crippen molar-refractivity contribution in [1.29, 1.82) is 0 Å². The Labute approximate surface area is 74.6 Å². The lowest BCUT2D eigenvalue weighted by molar-refractivity contribution is 0.108. The number of hydrogen-bond acceptors (Lipinski definition) is 3. The van der Waals surface area contributed by atoms with Crippen LogP contribution in [0.1, 0.15) is 10.4 Å². The van der Waals surface area contributed by atoms with Crippen LogP contribution in [0.2, 0.25) is 0 Å².